The maximum atomic E-state index is 12.3. The Balaban J connectivity index is 1.83. The molecule has 0 saturated carbocycles. The number of benzene rings is 2. The first-order chi connectivity index (χ1) is 12.9. The molecule has 0 aliphatic carbocycles. The molecule has 0 N–H and O–H groups in total. The highest BCUT2D eigenvalue weighted by molar-refractivity contribution is 9.10. The van der Waals surface area contributed by atoms with Crippen LogP contribution in [0.3, 0.4) is 0 Å². The van der Waals surface area contributed by atoms with Crippen molar-refractivity contribution < 1.29 is 14.3 Å². The summed E-state index contributed by atoms with van der Waals surface area (Å²) in [6.45, 7) is 3.46. The topological polar surface area (TPSA) is 60.7 Å². The summed E-state index contributed by atoms with van der Waals surface area (Å²) in [5.41, 5.74) is 3.50. The average molecular weight is 423 g/mol. The standard InChI is InChI=1S/C21H15BrN2O3/c1-12-4-3-5-14(8-12)20-23-18(21(26)27-20)9-15-11-24(13(2)25)19-7-6-16(22)10-17(15)19/h3-11H,1-2H3/b18-9-. The first-order valence-corrected chi connectivity index (χ1v) is 9.13. The minimum Gasteiger partial charge on any atom is -0.402 e. The number of aromatic nitrogens is 1. The van der Waals surface area contributed by atoms with Gasteiger partial charge in [0.25, 0.3) is 0 Å². The Morgan fingerprint density at radius 3 is 2.78 bits per heavy atom. The summed E-state index contributed by atoms with van der Waals surface area (Å²) in [5, 5.41) is 0.846. The summed E-state index contributed by atoms with van der Waals surface area (Å²) in [6, 6.07) is 13.3. The van der Waals surface area contributed by atoms with E-state index < -0.39 is 5.97 Å². The van der Waals surface area contributed by atoms with Crippen LogP contribution in [0.4, 0.5) is 0 Å². The summed E-state index contributed by atoms with van der Waals surface area (Å²) in [6.07, 6.45) is 3.36. The number of cyclic esters (lactones) is 1. The number of carbonyl (C=O) groups excluding carboxylic acids is 2. The van der Waals surface area contributed by atoms with Crippen molar-refractivity contribution in [2.75, 3.05) is 0 Å². The third-order valence-electron chi connectivity index (χ3n) is 4.31. The zero-order valence-electron chi connectivity index (χ0n) is 14.7. The number of hydrogen-bond acceptors (Lipinski definition) is 4. The normalized spacial score (nSPS) is 15.3. The second-order valence-corrected chi connectivity index (χ2v) is 7.26. The molecule has 0 amide bonds. The van der Waals surface area contributed by atoms with Gasteiger partial charge in [0.2, 0.25) is 11.8 Å². The van der Waals surface area contributed by atoms with Crippen LogP contribution in [0.5, 0.6) is 0 Å². The van der Waals surface area contributed by atoms with Crippen LogP contribution in [0.15, 0.2) is 63.8 Å². The second kappa shape index (κ2) is 6.63. The van der Waals surface area contributed by atoms with Gasteiger partial charge < -0.3 is 4.74 Å². The number of fused-ring (bicyclic) bond motifs is 1. The zero-order chi connectivity index (χ0) is 19.1. The molecule has 0 saturated heterocycles. The molecule has 0 fully saturated rings. The van der Waals surface area contributed by atoms with E-state index >= 15 is 0 Å². The van der Waals surface area contributed by atoms with Crippen molar-refractivity contribution in [2.24, 2.45) is 4.99 Å². The molecule has 27 heavy (non-hydrogen) atoms. The quantitative estimate of drug-likeness (QED) is 0.443. The predicted molar refractivity (Wildman–Crippen MR) is 108 cm³/mol. The van der Waals surface area contributed by atoms with Crippen molar-refractivity contribution in [1.29, 1.82) is 0 Å². The van der Waals surface area contributed by atoms with E-state index in [0.717, 1.165) is 32.1 Å². The van der Waals surface area contributed by atoms with Crippen LogP contribution < -0.4 is 0 Å². The van der Waals surface area contributed by atoms with Crippen molar-refractivity contribution in [1.82, 2.24) is 4.57 Å². The van der Waals surface area contributed by atoms with Gasteiger partial charge in [-0.05, 0) is 43.3 Å². The number of rotatable bonds is 2. The molecule has 1 aliphatic rings. The molecule has 0 radical (unpaired) electrons. The van der Waals surface area contributed by atoms with Crippen LogP contribution in [0.1, 0.15) is 28.4 Å². The second-order valence-electron chi connectivity index (χ2n) is 6.34. The maximum absolute atomic E-state index is 12.3. The molecule has 0 spiro atoms. The van der Waals surface area contributed by atoms with Gasteiger partial charge in [-0.1, -0.05) is 33.6 Å². The van der Waals surface area contributed by atoms with Crippen molar-refractivity contribution in [2.45, 2.75) is 13.8 Å². The van der Waals surface area contributed by atoms with E-state index in [9.17, 15) is 9.59 Å². The maximum Gasteiger partial charge on any atom is 0.363 e. The van der Waals surface area contributed by atoms with Crippen LogP contribution >= 0.6 is 15.9 Å². The molecule has 5 nitrogen and oxygen atoms in total. The molecule has 6 heteroatoms. The first-order valence-electron chi connectivity index (χ1n) is 8.33. The van der Waals surface area contributed by atoms with E-state index in [1.165, 1.54) is 6.92 Å². The van der Waals surface area contributed by atoms with Crippen LogP contribution in [-0.2, 0) is 9.53 Å². The van der Waals surface area contributed by atoms with E-state index in [1.807, 2.05) is 49.4 Å². The number of aryl methyl sites for hydroxylation is 1. The van der Waals surface area contributed by atoms with E-state index in [2.05, 4.69) is 20.9 Å². The molecular weight excluding hydrogens is 408 g/mol. The molecule has 2 heterocycles. The average Bonchev–Trinajstić information content (AvgIpc) is 3.16. The van der Waals surface area contributed by atoms with Crippen molar-refractivity contribution >= 4 is 50.7 Å². The first kappa shape index (κ1) is 17.4. The van der Waals surface area contributed by atoms with Gasteiger partial charge in [-0.25, -0.2) is 9.79 Å². The monoisotopic (exact) mass is 422 g/mol. The molecule has 2 aromatic carbocycles. The largest absolute Gasteiger partial charge is 0.402 e. The van der Waals surface area contributed by atoms with Crippen LogP contribution in [-0.4, -0.2) is 22.3 Å². The van der Waals surface area contributed by atoms with Crippen LogP contribution in [0.25, 0.3) is 17.0 Å². The zero-order valence-corrected chi connectivity index (χ0v) is 16.3. The molecule has 134 valence electrons. The molecule has 0 bridgehead atoms. The Morgan fingerprint density at radius 2 is 2.04 bits per heavy atom. The molecule has 1 aliphatic heterocycles. The molecule has 4 rings (SSSR count). The van der Waals surface area contributed by atoms with Crippen LogP contribution in [0.2, 0.25) is 0 Å². The van der Waals surface area contributed by atoms with E-state index in [-0.39, 0.29) is 17.5 Å². The third kappa shape index (κ3) is 3.24. The lowest BCUT2D eigenvalue weighted by Crippen LogP contribution is -2.05. The number of carbonyl (C=O) groups is 2. The van der Waals surface area contributed by atoms with Crippen molar-refractivity contribution in [3.8, 4) is 0 Å². The number of esters is 1. The fraction of sp³-hybridized carbons (Fsp3) is 0.0952. The smallest absolute Gasteiger partial charge is 0.363 e. The lowest BCUT2D eigenvalue weighted by molar-refractivity contribution is -0.129. The Kier molecular flexibility index (Phi) is 4.28. The summed E-state index contributed by atoms with van der Waals surface area (Å²) >= 11 is 3.45. The Morgan fingerprint density at radius 1 is 1.22 bits per heavy atom. The van der Waals surface area contributed by atoms with Gasteiger partial charge in [0.1, 0.15) is 0 Å². The highest BCUT2D eigenvalue weighted by atomic mass is 79.9. The Bertz CT molecular complexity index is 1170. The predicted octanol–water partition coefficient (Wildman–Crippen LogP) is 4.72. The van der Waals surface area contributed by atoms with Crippen LogP contribution in [0, 0.1) is 6.92 Å². The summed E-state index contributed by atoms with van der Waals surface area (Å²) < 4.78 is 7.78. The van der Waals surface area contributed by atoms with E-state index in [1.54, 1.807) is 16.8 Å². The van der Waals surface area contributed by atoms with Gasteiger partial charge in [-0.15, -0.1) is 0 Å². The third-order valence-corrected chi connectivity index (χ3v) is 4.81. The minimum atomic E-state index is -0.509. The Hall–Kier alpha value is -2.99. The minimum absolute atomic E-state index is 0.107. The molecule has 0 unspecified atom stereocenters. The fourth-order valence-electron chi connectivity index (χ4n) is 3.06. The molecule has 0 atom stereocenters. The van der Waals surface area contributed by atoms with E-state index in [4.69, 9.17) is 4.74 Å². The van der Waals surface area contributed by atoms with Gasteiger partial charge >= 0.3 is 5.97 Å². The molecular formula is C21H15BrN2O3. The number of nitrogens with zero attached hydrogens (tertiary/aromatic N) is 2. The number of ether oxygens (including phenoxy) is 1. The van der Waals surface area contributed by atoms with Crippen molar-refractivity contribution in [3.05, 3.63) is 75.5 Å². The van der Waals surface area contributed by atoms with Gasteiger partial charge in [0, 0.05) is 34.1 Å². The number of halogens is 1. The fourth-order valence-corrected chi connectivity index (χ4v) is 3.42. The van der Waals surface area contributed by atoms with Gasteiger partial charge in [-0.2, -0.15) is 0 Å². The lowest BCUT2D eigenvalue weighted by Gasteiger charge is -1.99. The number of aliphatic imine (C=N–C) groups is 1. The highest BCUT2D eigenvalue weighted by Gasteiger charge is 2.25. The van der Waals surface area contributed by atoms with E-state index in [0.29, 0.717) is 0 Å². The number of hydrogen-bond donors (Lipinski definition) is 0. The summed E-state index contributed by atoms with van der Waals surface area (Å²) in [4.78, 5) is 28.6. The summed E-state index contributed by atoms with van der Waals surface area (Å²) in [7, 11) is 0. The van der Waals surface area contributed by atoms with Gasteiger partial charge in [0.15, 0.2) is 5.70 Å². The van der Waals surface area contributed by atoms with Gasteiger partial charge in [-0.3, -0.25) is 9.36 Å². The highest BCUT2D eigenvalue weighted by Crippen LogP contribution is 2.28. The van der Waals surface area contributed by atoms with Gasteiger partial charge in [0.05, 0.1) is 5.52 Å². The van der Waals surface area contributed by atoms with Crippen molar-refractivity contribution in [3.63, 3.8) is 0 Å². The molecule has 1 aromatic heterocycles. The Labute approximate surface area is 164 Å². The SMILES string of the molecule is CC(=O)n1cc(/C=C2\N=C(c3cccc(C)c3)OC2=O)c2cc(Br)ccc21. The summed E-state index contributed by atoms with van der Waals surface area (Å²) in [5.74, 6) is -0.332. The molecule has 3 aromatic rings. The lowest BCUT2D eigenvalue weighted by atomic mass is 10.1.